The number of amides is 1. The number of esters is 1. The average Bonchev–Trinajstić information content (AvgIpc) is 2.54. The molecule has 1 amide bonds. The van der Waals surface area contributed by atoms with Gasteiger partial charge in [-0.15, -0.1) is 0 Å². The van der Waals surface area contributed by atoms with Gasteiger partial charge in [-0.1, -0.05) is 12.1 Å². The van der Waals surface area contributed by atoms with Gasteiger partial charge in [0.2, 0.25) is 0 Å². The molecule has 114 valence electrons. The second-order valence-corrected chi connectivity index (χ2v) is 4.60. The summed E-state index contributed by atoms with van der Waals surface area (Å²) in [4.78, 5) is 24.9. The van der Waals surface area contributed by atoms with Gasteiger partial charge in [-0.2, -0.15) is 0 Å². The summed E-state index contributed by atoms with van der Waals surface area (Å²) in [5, 5.41) is 0. The van der Waals surface area contributed by atoms with E-state index in [4.69, 9.17) is 14.2 Å². The third kappa shape index (κ3) is 3.72. The van der Waals surface area contributed by atoms with E-state index in [1.54, 1.807) is 14.0 Å². The molecule has 2 rings (SSSR count). The molecule has 1 fully saturated rings. The molecule has 0 bridgehead atoms. The van der Waals surface area contributed by atoms with Gasteiger partial charge in [0.15, 0.2) is 0 Å². The number of morpholine rings is 1. The van der Waals surface area contributed by atoms with E-state index >= 15 is 0 Å². The largest absolute Gasteiger partial charge is 0.497 e. The first-order chi connectivity index (χ1) is 10.2. The second kappa shape index (κ2) is 7.08. The predicted octanol–water partition coefficient (Wildman–Crippen LogP) is 1.16. The summed E-state index contributed by atoms with van der Waals surface area (Å²) in [7, 11) is 1.60. The maximum atomic E-state index is 11.9. The molecule has 1 atom stereocenters. The quantitative estimate of drug-likeness (QED) is 0.618. The van der Waals surface area contributed by atoms with Crippen LogP contribution >= 0.6 is 0 Å². The molecule has 1 aliphatic rings. The highest BCUT2D eigenvalue weighted by Gasteiger charge is 2.29. The third-order valence-electron chi connectivity index (χ3n) is 3.29. The van der Waals surface area contributed by atoms with E-state index in [-0.39, 0.29) is 12.7 Å². The van der Waals surface area contributed by atoms with Crippen LogP contribution in [0.15, 0.2) is 24.3 Å². The summed E-state index contributed by atoms with van der Waals surface area (Å²) in [6, 6.07) is 7.46. The van der Waals surface area contributed by atoms with Crippen molar-refractivity contribution in [3.63, 3.8) is 0 Å². The Morgan fingerprint density at radius 1 is 1.33 bits per heavy atom. The van der Waals surface area contributed by atoms with Crippen molar-refractivity contribution in [3.8, 4) is 5.75 Å². The summed E-state index contributed by atoms with van der Waals surface area (Å²) in [5.41, 5.74) is 0.942. The first kappa shape index (κ1) is 15.3. The number of hydrogen-bond donors (Lipinski definition) is 0. The molecular formula is C15H19NO5. The molecule has 0 spiro atoms. The predicted molar refractivity (Wildman–Crippen MR) is 74.9 cm³/mol. The Morgan fingerprint density at radius 2 is 2.05 bits per heavy atom. The number of hydrogen-bond acceptors (Lipinski definition) is 5. The highest BCUT2D eigenvalue weighted by atomic mass is 16.5. The first-order valence-corrected chi connectivity index (χ1v) is 6.87. The molecule has 6 nitrogen and oxygen atoms in total. The van der Waals surface area contributed by atoms with E-state index in [1.165, 1.54) is 4.90 Å². The van der Waals surface area contributed by atoms with Crippen LogP contribution in [0.4, 0.5) is 0 Å². The smallest absolute Gasteiger partial charge is 0.397 e. The number of rotatable bonds is 3. The topological polar surface area (TPSA) is 65.1 Å². The molecule has 6 heteroatoms. The zero-order chi connectivity index (χ0) is 15.2. The fourth-order valence-electron chi connectivity index (χ4n) is 2.18. The Balaban J connectivity index is 2.02. The number of methoxy groups -OCH3 is 1. The van der Waals surface area contributed by atoms with Gasteiger partial charge in [-0.05, 0) is 24.6 Å². The van der Waals surface area contributed by atoms with Crippen molar-refractivity contribution < 1.29 is 23.8 Å². The molecule has 0 aliphatic carbocycles. The number of ether oxygens (including phenoxy) is 3. The fourth-order valence-corrected chi connectivity index (χ4v) is 2.18. The van der Waals surface area contributed by atoms with Crippen LogP contribution in [0.3, 0.4) is 0 Å². The van der Waals surface area contributed by atoms with Crippen molar-refractivity contribution in [2.75, 3.05) is 33.4 Å². The highest BCUT2D eigenvalue weighted by molar-refractivity contribution is 6.32. The van der Waals surface area contributed by atoms with Crippen molar-refractivity contribution in [2.45, 2.75) is 13.0 Å². The lowest BCUT2D eigenvalue weighted by Gasteiger charge is -2.32. The van der Waals surface area contributed by atoms with Gasteiger partial charge in [-0.3, -0.25) is 4.79 Å². The Morgan fingerprint density at radius 3 is 2.67 bits per heavy atom. The number of nitrogens with zero attached hydrogens (tertiary/aromatic N) is 1. The van der Waals surface area contributed by atoms with Gasteiger partial charge in [0.1, 0.15) is 11.9 Å². The third-order valence-corrected chi connectivity index (χ3v) is 3.29. The molecule has 0 N–H and O–H groups in total. The van der Waals surface area contributed by atoms with Crippen molar-refractivity contribution in [1.82, 2.24) is 4.90 Å². The van der Waals surface area contributed by atoms with E-state index < -0.39 is 11.9 Å². The molecule has 0 saturated carbocycles. The number of carbonyl (C=O) groups is 2. The van der Waals surface area contributed by atoms with Crippen LogP contribution in [-0.4, -0.2) is 50.2 Å². The summed E-state index contributed by atoms with van der Waals surface area (Å²) >= 11 is 0. The molecule has 0 aromatic heterocycles. The maximum Gasteiger partial charge on any atom is 0.397 e. The Bertz CT molecular complexity index is 499. The standard InChI is InChI=1S/C15H19NO5/c1-3-20-15(18)14(17)16-8-9-21-13(10-16)11-4-6-12(19-2)7-5-11/h4-7,13H,3,8-10H2,1-2H3. The van der Waals surface area contributed by atoms with Crippen LogP contribution in [0.25, 0.3) is 0 Å². The number of carbonyl (C=O) groups excluding carboxylic acids is 2. The lowest BCUT2D eigenvalue weighted by Crippen LogP contribution is -2.45. The van der Waals surface area contributed by atoms with Crippen molar-refractivity contribution >= 4 is 11.9 Å². The van der Waals surface area contributed by atoms with E-state index in [1.807, 2.05) is 24.3 Å². The minimum absolute atomic E-state index is 0.191. The van der Waals surface area contributed by atoms with Crippen LogP contribution in [0, 0.1) is 0 Å². The van der Waals surface area contributed by atoms with Gasteiger partial charge in [0.05, 0.1) is 26.9 Å². The minimum atomic E-state index is -0.812. The molecular weight excluding hydrogens is 274 g/mol. The molecule has 1 heterocycles. The van der Waals surface area contributed by atoms with Crippen LogP contribution in [-0.2, 0) is 19.1 Å². The van der Waals surface area contributed by atoms with Crippen LogP contribution in [0.5, 0.6) is 5.75 Å². The summed E-state index contributed by atoms with van der Waals surface area (Å²) in [6.45, 7) is 2.98. The van der Waals surface area contributed by atoms with E-state index in [0.717, 1.165) is 11.3 Å². The molecule has 1 unspecified atom stereocenters. The van der Waals surface area contributed by atoms with Gasteiger partial charge < -0.3 is 19.1 Å². The van der Waals surface area contributed by atoms with Crippen molar-refractivity contribution in [1.29, 1.82) is 0 Å². The number of benzene rings is 1. The zero-order valence-electron chi connectivity index (χ0n) is 12.2. The first-order valence-electron chi connectivity index (χ1n) is 6.87. The van der Waals surface area contributed by atoms with Gasteiger partial charge >= 0.3 is 11.9 Å². The molecule has 1 aromatic rings. The molecule has 1 saturated heterocycles. The van der Waals surface area contributed by atoms with Gasteiger partial charge in [-0.25, -0.2) is 4.79 Å². The average molecular weight is 293 g/mol. The fraction of sp³-hybridized carbons (Fsp3) is 0.467. The van der Waals surface area contributed by atoms with Crippen LogP contribution in [0.1, 0.15) is 18.6 Å². The maximum absolute atomic E-state index is 11.9. The minimum Gasteiger partial charge on any atom is -0.497 e. The molecule has 1 aliphatic heterocycles. The normalized spacial score (nSPS) is 18.2. The van der Waals surface area contributed by atoms with Crippen LogP contribution < -0.4 is 4.74 Å². The molecule has 0 radical (unpaired) electrons. The van der Waals surface area contributed by atoms with E-state index in [9.17, 15) is 9.59 Å². The SMILES string of the molecule is CCOC(=O)C(=O)N1CCOC(c2ccc(OC)cc2)C1. The molecule has 21 heavy (non-hydrogen) atoms. The lowest BCUT2D eigenvalue weighted by molar-refractivity contribution is -0.163. The highest BCUT2D eigenvalue weighted by Crippen LogP contribution is 2.24. The Kier molecular flexibility index (Phi) is 5.16. The van der Waals surface area contributed by atoms with Crippen molar-refractivity contribution in [3.05, 3.63) is 29.8 Å². The van der Waals surface area contributed by atoms with Crippen LogP contribution in [0.2, 0.25) is 0 Å². The van der Waals surface area contributed by atoms with E-state index in [2.05, 4.69) is 0 Å². The lowest BCUT2D eigenvalue weighted by atomic mass is 10.1. The van der Waals surface area contributed by atoms with Gasteiger partial charge in [0.25, 0.3) is 0 Å². The van der Waals surface area contributed by atoms with Crippen molar-refractivity contribution in [2.24, 2.45) is 0 Å². The summed E-state index contributed by atoms with van der Waals surface area (Å²) in [6.07, 6.45) is -0.247. The zero-order valence-corrected chi connectivity index (χ0v) is 12.2. The Labute approximate surface area is 123 Å². The van der Waals surface area contributed by atoms with E-state index in [0.29, 0.717) is 19.7 Å². The monoisotopic (exact) mass is 293 g/mol. The molecule has 1 aromatic carbocycles. The Hall–Kier alpha value is -2.08. The second-order valence-electron chi connectivity index (χ2n) is 4.60. The summed E-state index contributed by atoms with van der Waals surface area (Å²) < 4.78 is 15.5. The van der Waals surface area contributed by atoms with Gasteiger partial charge in [0, 0.05) is 6.54 Å². The summed E-state index contributed by atoms with van der Waals surface area (Å²) in [5.74, 6) is -0.666.